The maximum Gasteiger partial charge on any atom is 0.269 e. The van der Waals surface area contributed by atoms with Gasteiger partial charge in [0.05, 0.1) is 23.8 Å². The van der Waals surface area contributed by atoms with Gasteiger partial charge in [0.2, 0.25) is 17.8 Å². The summed E-state index contributed by atoms with van der Waals surface area (Å²) in [5.41, 5.74) is 4.30. The Balaban J connectivity index is 1.80. The van der Waals surface area contributed by atoms with Crippen LogP contribution in [0.5, 0.6) is 0 Å². The van der Waals surface area contributed by atoms with Crippen LogP contribution in [0.3, 0.4) is 0 Å². The predicted octanol–water partition coefficient (Wildman–Crippen LogP) is 1.52. The van der Waals surface area contributed by atoms with Gasteiger partial charge < -0.3 is 14.5 Å². The number of anilines is 3. The van der Waals surface area contributed by atoms with Crippen molar-refractivity contribution >= 4 is 29.2 Å². The Hall–Kier alpha value is -3.34. The summed E-state index contributed by atoms with van der Waals surface area (Å²) in [5, 5.41) is 15.1. The van der Waals surface area contributed by atoms with E-state index < -0.39 is 4.92 Å². The first-order valence-corrected chi connectivity index (χ1v) is 8.75. The van der Waals surface area contributed by atoms with Gasteiger partial charge in [0.1, 0.15) is 0 Å². The van der Waals surface area contributed by atoms with E-state index in [-0.39, 0.29) is 5.69 Å². The van der Waals surface area contributed by atoms with E-state index in [1.165, 1.54) is 12.1 Å². The van der Waals surface area contributed by atoms with Crippen molar-refractivity contribution in [3.63, 3.8) is 0 Å². The summed E-state index contributed by atoms with van der Waals surface area (Å²) in [4.78, 5) is 27.5. The minimum absolute atomic E-state index is 0.0350. The molecule has 1 saturated heterocycles. The maximum absolute atomic E-state index is 10.8. The van der Waals surface area contributed by atoms with Crippen LogP contribution in [0.15, 0.2) is 29.4 Å². The molecule has 0 bridgehead atoms. The van der Waals surface area contributed by atoms with Crippen LogP contribution in [0.25, 0.3) is 0 Å². The molecule has 0 saturated carbocycles. The van der Waals surface area contributed by atoms with Crippen molar-refractivity contribution in [3.05, 3.63) is 39.9 Å². The number of ether oxygens (including phenoxy) is 1. The number of non-ortho nitro benzene ring substituents is 1. The van der Waals surface area contributed by atoms with Crippen LogP contribution in [0.1, 0.15) is 12.5 Å². The molecule has 1 fully saturated rings. The summed E-state index contributed by atoms with van der Waals surface area (Å²) >= 11 is 0. The van der Waals surface area contributed by atoms with Crippen LogP contribution in [0.4, 0.5) is 23.5 Å². The van der Waals surface area contributed by atoms with Crippen molar-refractivity contribution in [1.82, 2.24) is 15.0 Å². The minimum Gasteiger partial charge on any atom is -0.378 e. The highest BCUT2D eigenvalue weighted by atomic mass is 16.6. The molecule has 28 heavy (non-hydrogen) atoms. The van der Waals surface area contributed by atoms with Gasteiger partial charge in [-0.2, -0.15) is 20.1 Å². The Kier molecular flexibility index (Phi) is 5.94. The fourth-order valence-corrected chi connectivity index (χ4v) is 2.53. The van der Waals surface area contributed by atoms with Crippen molar-refractivity contribution in [1.29, 1.82) is 0 Å². The SMILES string of the molecule is CC(=NNc1nc(N(C)C)nc(N2CCOCC2)n1)c1ccc([N+](=O)[O-])cc1. The molecule has 1 aromatic carbocycles. The van der Waals surface area contributed by atoms with Crippen LogP contribution in [-0.2, 0) is 4.74 Å². The number of aromatic nitrogens is 3. The van der Waals surface area contributed by atoms with Gasteiger partial charge in [0, 0.05) is 39.3 Å². The smallest absolute Gasteiger partial charge is 0.269 e. The number of hydrazone groups is 1. The topological polar surface area (TPSA) is 122 Å². The molecule has 1 N–H and O–H groups in total. The lowest BCUT2D eigenvalue weighted by Gasteiger charge is -2.27. The highest BCUT2D eigenvalue weighted by Crippen LogP contribution is 2.17. The maximum atomic E-state index is 10.8. The molecule has 0 unspecified atom stereocenters. The van der Waals surface area contributed by atoms with Crippen LogP contribution in [-0.4, -0.2) is 66.0 Å². The molecule has 1 aliphatic heterocycles. The van der Waals surface area contributed by atoms with Crippen molar-refractivity contribution in [2.24, 2.45) is 5.10 Å². The molecule has 0 aliphatic carbocycles. The summed E-state index contributed by atoms with van der Waals surface area (Å²) in [6.45, 7) is 4.47. The van der Waals surface area contributed by atoms with E-state index in [9.17, 15) is 10.1 Å². The standard InChI is InChI=1S/C17H22N8O3/c1-12(13-4-6-14(7-5-13)25(26)27)21-22-15-18-16(23(2)3)20-17(19-15)24-8-10-28-11-9-24/h4-7H,8-11H2,1-3H3,(H,18,19,20,22). The Morgan fingerprint density at radius 1 is 1.21 bits per heavy atom. The van der Waals surface area contributed by atoms with E-state index in [4.69, 9.17) is 4.74 Å². The number of hydrogen-bond donors (Lipinski definition) is 1. The first-order chi connectivity index (χ1) is 13.4. The second-order valence-electron chi connectivity index (χ2n) is 6.37. The van der Waals surface area contributed by atoms with Crippen LogP contribution in [0, 0.1) is 10.1 Å². The minimum atomic E-state index is -0.435. The molecule has 11 heteroatoms. The quantitative estimate of drug-likeness (QED) is 0.447. The largest absolute Gasteiger partial charge is 0.378 e. The molecule has 148 valence electrons. The van der Waals surface area contributed by atoms with Gasteiger partial charge in [0.25, 0.3) is 5.69 Å². The van der Waals surface area contributed by atoms with Gasteiger partial charge in [-0.25, -0.2) is 5.43 Å². The predicted molar refractivity (Wildman–Crippen MR) is 106 cm³/mol. The van der Waals surface area contributed by atoms with Crippen molar-refractivity contribution in [2.45, 2.75) is 6.92 Å². The van der Waals surface area contributed by atoms with Gasteiger partial charge in [-0.15, -0.1) is 0 Å². The second-order valence-corrected chi connectivity index (χ2v) is 6.37. The zero-order valence-corrected chi connectivity index (χ0v) is 16.0. The molecule has 3 rings (SSSR count). The Morgan fingerprint density at radius 3 is 2.50 bits per heavy atom. The lowest BCUT2D eigenvalue weighted by Crippen LogP contribution is -2.37. The van der Waals surface area contributed by atoms with Crippen molar-refractivity contribution in [2.75, 3.05) is 55.6 Å². The van der Waals surface area contributed by atoms with E-state index in [1.54, 1.807) is 24.0 Å². The first kappa shape index (κ1) is 19.4. The fraction of sp³-hybridized carbons (Fsp3) is 0.412. The number of nitrogens with one attached hydrogen (secondary N) is 1. The summed E-state index contributed by atoms with van der Waals surface area (Å²) in [6.07, 6.45) is 0. The van der Waals surface area contributed by atoms with E-state index >= 15 is 0 Å². The third kappa shape index (κ3) is 4.68. The van der Waals surface area contributed by atoms with E-state index in [2.05, 4.69) is 25.5 Å². The lowest BCUT2D eigenvalue weighted by atomic mass is 10.1. The van der Waals surface area contributed by atoms with Crippen LogP contribution >= 0.6 is 0 Å². The molecule has 11 nitrogen and oxygen atoms in total. The monoisotopic (exact) mass is 386 g/mol. The molecule has 1 aromatic heterocycles. The normalized spacial score (nSPS) is 14.7. The Morgan fingerprint density at radius 2 is 1.89 bits per heavy atom. The zero-order chi connectivity index (χ0) is 20.1. The van der Waals surface area contributed by atoms with Crippen molar-refractivity contribution in [3.8, 4) is 0 Å². The van der Waals surface area contributed by atoms with E-state index in [0.717, 1.165) is 5.56 Å². The molecule has 2 heterocycles. The van der Waals surface area contributed by atoms with Gasteiger partial charge in [-0.3, -0.25) is 10.1 Å². The number of rotatable bonds is 6. The van der Waals surface area contributed by atoms with Gasteiger partial charge in [-0.05, 0) is 24.6 Å². The van der Waals surface area contributed by atoms with Crippen molar-refractivity contribution < 1.29 is 9.66 Å². The molecule has 0 amide bonds. The number of hydrogen-bond acceptors (Lipinski definition) is 10. The van der Waals surface area contributed by atoms with Gasteiger partial charge in [-0.1, -0.05) is 0 Å². The Labute approximate surface area is 162 Å². The summed E-state index contributed by atoms with van der Waals surface area (Å²) in [7, 11) is 3.71. The highest BCUT2D eigenvalue weighted by Gasteiger charge is 2.17. The third-order valence-corrected chi connectivity index (χ3v) is 4.13. The molecule has 1 aliphatic rings. The second kappa shape index (κ2) is 8.57. The number of nitro benzene ring substituents is 1. The number of nitrogens with zero attached hydrogens (tertiary/aromatic N) is 7. The summed E-state index contributed by atoms with van der Waals surface area (Å²) in [5.74, 6) is 1.40. The number of morpholine rings is 1. The molecule has 0 spiro atoms. The molecule has 0 atom stereocenters. The van der Waals surface area contributed by atoms with Crippen LogP contribution < -0.4 is 15.2 Å². The fourth-order valence-electron chi connectivity index (χ4n) is 2.53. The van der Waals surface area contributed by atoms with E-state index in [1.807, 2.05) is 19.0 Å². The Bertz CT molecular complexity index is 863. The summed E-state index contributed by atoms with van der Waals surface area (Å²) in [6, 6.07) is 6.18. The van der Waals surface area contributed by atoms with Gasteiger partial charge >= 0.3 is 0 Å². The number of nitro groups is 1. The van der Waals surface area contributed by atoms with E-state index in [0.29, 0.717) is 49.9 Å². The average Bonchev–Trinajstić information content (AvgIpc) is 2.72. The first-order valence-electron chi connectivity index (χ1n) is 8.75. The van der Waals surface area contributed by atoms with Gasteiger partial charge in [0.15, 0.2) is 0 Å². The third-order valence-electron chi connectivity index (χ3n) is 4.13. The average molecular weight is 386 g/mol. The summed E-state index contributed by atoms with van der Waals surface area (Å²) < 4.78 is 5.38. The molecule has 0 radical (unpaired) electrons. The zero-order valence-electron chi connectivity index (χ0n) is 16.0. The molecule has 2 aromatic rings. The van der Waals surface area contributed by atoms with Crippen LogP contribution in [0.2, 0.25) is 0 Å². The highest BCUT2D eigenvalue weighted by molar-refractivity contribution is 5.99. The molecular formula is C17H22N8O3. The lowest BCUT2D eigenvalue weighted by molar-refractivity contribution is -0.384. The number of benzene rings is 1. The molecular weight excluding hydrogens is 364 g/mol.